The molecule has 0 unspecified atom stereocenters. The summed E-state index contributed by atoms with van der Waals surface area (Å²) in [5, 5.41) is 4.84. The number of hydrogen-bond acceptors (Lipinski definition) is 2. The van der Waals surface area contributed by atoms with Crippen molar-refractivity contribution in [2.75, 3.05) is 20.2 Å². The Balaban J connectivity index is 1.95. The van der Waals surface area contributed by atoms with Gasteiger partial charge in [-0.15, -0.1) is 0 Å². The van der Waals surface area contributed by atoms with E-state index in [4.69, 9.17) is 4.74 Å². The van der Waals surface area contributed by atoms with Gasteiger partial charge in [0.2, 0.25) is 0 Å². The van der Waals surface area contributed by atoms with Gasteiger partial charge in [0.15, 0.2) is 0 Å². The smallest absolute Gasteiger partial charge is 0.119 e. The van der Waals surface area contributed by atoms with Crippen LogP contribution in [-0.4, -0.2) is 24.8 Å². The van der Waals surface area contributed by atoms with E-state index >= 15 is 0 Å². The second kappa shape index (κ2) is 5.74. The lowest BCUT2D eigenvalue weighted by Crippen LogP contribution is -2.17. The fourth-order valence-electron chi connectivity index (χ4n) is 3.66. The topological polar surface area (TPSA) is 26.2 Å². The van der Waals surface area contributed by atoms with Crippen molar-refractivity contribution in [1.29, 1.82) is 0 Å². The first kappa shape index (κ1) is 14.3. The van der Waals surface area contributed by atoms with Gasteiger partial charge < -0.3 is 14.6 Å². The van der Waals surface area contributed by atoms with Gasteiger partial charge in [-0.2, -0.15) is 0 Å². The van der Waals surface area contributed by atoms with Crippen molar-refractivity contribution >= 4 is 10.9 Å². The summed E-state index contributed by atoms with van der Waals surface area (Å²) in [4.78, 5) is 0. The number of fused-ring (bicyclic) bond motifs is 3. The molecule has 0 bridgehead atoms. The third kappa shape index (κ3) is 2.41. The fourth-order valence-corrected chi connectivity index (χ4v) is 3.66. The van der Waals surface area contributed by atoms with Crippen LogP contribution >= 0.6 is 0 Å². The van der Waals surface area contributed by atoms with E-state index in [9.17, 15) is 0 Å². The highest BCUT2D eigenvalue weighted by atomic mass is 16.5. The van der Waals surface area contributed by atoms with Crippen molar-refractivity contribution < 1.29 is 4.74 Å². The first-order valence-electron chi connectivity index (χ1n) is 8.25. The summed E-state index contributed by atoms with van der Waals surface area (Å²) >= 11 is 0. The first-order valence-corrected chi connectivity index (χ1v) is 8.25. The molecule has 1 aliphatic heterocycles. The second-order valence-electron chi connectivity index (χ2n) is 6.21. The van der Waals surface area contributed by atoms with Crippen molar-refractivity contribution in [2.45, 2.75) is 19.9 Å². The maximum Gasteiger partial charge on any atom is 0.119 e. The molecule has 3 nitrogen and oxygen atoms in total. The third-order valence-electron chi connectivity index (χ3n) is 4.80. The summed E-state index contributed by atoms with van der Waals surface area (Å²) in [7, 11) is 1.72. The van der Waals surface area contributed by atoms with Crippen LogP contribution in [0.15, 0.2) is 42.5 Å². The largest absolute Gasteiger partial charge is 0.497 e. The zero-order chi connectivity index (χ0) is 15.8. The molecule has 1 aromatic heterocycles. The molecule has 1 aliphatic rings. The van der Waals surface area contributed by atoms with Crippen LogP contribution in [0.5, 0.6) is 5.75 Å². The maximum absolute atomic E-state index is 5.35. The summed E-state index contributed by atoms with van der Waals surface area (Å²) in [6, 6.07) is 15.3. The van der Waals surface area contributed by atoms with Gasteiger partial charge in [0.25, 0.3) is 0 Å². The zero-order valence-corrected chi connectivity index (χ0v) is 13.7. The van der Waals surface area contributed by atoms with Crippen LogP contribution < -0.4 is 10.1 Å². The Morgan fingerprint density at radius 3 is 2.78 bits per heavy atom. The Kier molecular flexibility index (Phi) is 3.58. The molecule has 0 radical (unpaired) electrons. The standard InChI is InChI=1S/C20H22N2O/c1-14-12-17(23-2)6-7-18(14)19-5-3-4-15-13-16-8-9-21-10-11-22(16)20(15)19/h3-7,12-13,21H,8-11H2,1-2H3. The summed E-state index contributed by atoms with van der Waals surface area (Å²) in [6.45, 7) is 5.29. The highest BCUT2D eigenvalue weighted by molar-refractivity contribution is 5.96. The minimum Gasteiger partial charge on any atom is -0.497 e. The summed E-state index contributed by atoms with van der Waals surface area (Å²) in [5.74, 6) is 0.914. The SMILES string of the molecule is COc1ccc(-c2cccc3cc4n(c23)CCNCC4)c(C)c1. The Hall–Kier alpha value is -2.26. The first-order chi connectivity index (χ1) is 11.3. The molecule has 3 aromatic rings. The van der Waals surface area contributed by atoms with Crippen LogP contribution in [-0.2, 0) is 13.0 Å². The van der Waals surface area contributed by atoms with Crippen LogP contribution in [0.25, 0.3) is 22.0 Å². The Labute approximate surface area is 136 Å². The number of methoxy groups -OCH3 is 1. The van der Waals surface area contributed by atoms with E-state index in [0.29, 0.717) is 0 Å². The van der Waals surface area contributed by atoms with Gasteiger partial charge in [-0.05, 0) is 36.2 Å². The van der Waals surface area contributed by atoms with Gasteiger partial charge in [-0.3, -0.25) is 0 Å². The molecule has 4 rings (SSSR count). The number of nitrogens with one attached hydrogen (secondary N) is 1. The van der Waals surface area contributed by atoms with Crippen LogP contribution in [0, 0.1) is 6.92 Å². The van der Waals surface area contributed by atoms with Crippen molar-refractivity contribution in [3.8, 4) is 16.9 Å². The molecule has 2 heterocycles. The lowest BCUT2D eigenvalue weighted by molar-refractivity contribution is 0.414. The van der Waals surface area contributed by atoms with Gasteiger partial charge in [0.05, 0.1) is 12.6 Å². The summed E-state index contributed by atoms with van der Waals surface area (Å²) in [6.07, 6.45) is 1.09. The van der Waals surface area contributed by atoms with Crippen LogP contribution in [0.4, 0.5) is 0 Å². The minimum absolute atomic E-state index is 0.914. The number of ether oxygens (including phenoxy) is 1. The van der Waals surface area contributed by atoms with Crippen LogP contribution in [0.3, 0.4) is 0 Å². The summed E-state index contributed by atoms with van der Waals surface area (Å²) in [5.41, 5.74) is 6.65. The number of aryl methyl sites for hydroxylation is 1. The van der Waals surface area contributed by atoms with Gasteiger partial charge in [-0.25, -0.2) is 0 Å². The molecule has 3 heteroatoms. The van der Waals surface area contributed by atoms with Gasteiger partial charge in [0, 0.05) is 42.7 Å². The van der Waals surface area contributed by atoms with Crippen LogP contribution in [0.2, 0.25) is 0 Å². The minimum atomic E-state index is 0.914. The molecular weight excluding hydrogens is 284 g/mol. The average Bonchev–Trinajstić information content (AvgIpc) is 2.76. The van der Waals surface area contributed by atoms with E-state index in [1.807, 2.05) is 0 Å². The van der Waals surface area contributed by atoms with Crippen LogP contribution in [0.1, 0.15) is 11.3 Å². The zero-order valence-electron chi connectivity index (χ0n) is 13.7. The van der Waals surface area contributed by atoms with E-state index in [2.05, 4.69) is 59.3 Å². The highest BCUT2D eigenvalue weighted by Gasteiger charge is 2.16. The lowest BCUT2D eigenvalue weighted by atomic mass is 9.98. The molecule has 2 aromatic carbocycles. The van der Waals surface area contributed by atoms with Gasteiger partial charge in [0.1, 0.15) is 5.75 Å². The second-order valence-corrected chi connectivity index (χ2v) is 6.21. The van der Waals surface area contributed by atoms with E-state index in [0.717, 1.165) is 31.8 Å². The molecule has 0 aliphatic carbocycles. The van der Waals surface area contributed by atoms with Crippen molar-refractivity contribution in [2.24, 2.45) is 0 Å². The van der Waals surface area contributed by atoms with Gasteiger partial charge in [-0.1, -0.05) is 24.3 Å². The number of benzene rings is 2. The van der Waals surface area contributed by atoms with Crippen molar-refractivity contribution in [3.05, 3.63) is 53.7 Å². The molecule has 0 spiro atoms. The molecule has 0 fully saturated rings. The van der Waals surface area contributed by atoms with E-state index in [1.54, 1.807) is 7.11 Å². The average molecular weight is 306 g/mol. The Morgan fingerprint density at radius 2 is 1.96 bits per heavy atom. The third-order valence-corrected chi connectivity index (χ3v) is 4.80. The number of nitrogens with zero attached hydrogens (tertiary/aromatic N) is 1. The highest BCUT2D eigenvalue weighted by Crippen LogP contribution is 2.34. The lowest BCUT2D eigenvalue weighted by Gasteiger charge is -2.13. The number of hydrogen-bond donors (Lipinski definition) is 1. The van der Waals surface area contributed by atoms with E-state index in [1.165, 1.54) is 33.3 Å². The number of para-hydroxylation sites is 1. The predicted octanol–water partition coefficient (Wildman–Crippen LogP) is 3.77. The summed E-state index contributed by atoms with van der Waals surface area (Å²) < 4.78 is 7.85. The predicted molar refractivity (Wildman–Crippen MR) is 95.2 cm³/mol. The Bertz CT molecular complexity index is 863. The quantitative estimate of drug-likeness (QED) is 0.780. The molecular formula is C20H22N2O. The molecule has 0 amide bonds. The van der Waals surface area contributed by atoms with E-state index in [-0.39, 0.29) is 0 Å². The number of aromatic nitrogens is 1. The normalized spacial score (nSPS) is 14.5. The van der Waals surface area contributed by atoms with Crippen molar-refractivity contribution in [3.63, 3.8) is 0 Å². The molecule has 0 saturated carbocycles. The maximum atomic E-state index is 5.35. The molecule has 23 heavy (non-hydrogen) atoms. The van der Waals surface area contributed by atoms with Crippen molar-refractivity contribution in [1.82, 2.24) is 9.88 Å². The monoisotopic (exact) mass is 306 g/mol. The molecule has 0 atom stereocenters. The Morgan fingerprint density at radius 1 is 1.04 bits per heavy atom. The van der Waals surface area contributed by atoms with Gasteiger partial charge >= 0.3 is 0 Å². The molecule has 118 valence electrons. The fraction of sp³-hybridized carbons (Fsp3) is 0.300. The molecule has 0 saturated heterocycles. The molecule has 1 N–H and O–H groups in total. The van der Waals surface area contributed by atoms with E-state index < -0.39 is 0 Å². The number of rotatable bonds is 2.